The van der Waals surface area contributed by atoms with Crippen LogP contribution >= 0.6 is 0 Å². The lowest BCUT2D eigenvalue weighted by molar-refractivity contribution is -0.116. The van der Waals surface area contributed by atoms with Crippen molar-refractivity contribution >= 4 is 22.9 Å². The second-order valence-corrected chi connectivity index (χ2v) is 6.64. The van der Waals surface area contributed by atoms with E-state index in [2.05, 4.69) is 45.9 Å². The summed E-state index contributed by atoms with van der Waals surface area (Å²) >= 11 is 0. The highest BCUT2D eigenvalue weighted by molar-refractivity contribution is 6.21. The average molecular weight is 333 g/mol. The van der Waals surface area contributed by atoms with E-state index in [0.717, 1.165) is 29.9 Å². The van der Waals surface area contributed by atoms with Crippen molar-refractivity contribution in [3.8, 4) is 0 Å². The molecule has 2 aromatic rings. The topological polar surface area (TPSA) is 44.4 Å². The summed E-state index contributed by atoms with van der Waals surface area (Å²) < 4.78 is 0. The van der Waals surface area contributed by atoms with Crippen molar-refractivity contribution in [2.75, 3.05) is 23.3 Å². The molecule has 2 aliphatic rings. The van der Waals surface area contributed by atoms with Crippen LogP contribution in [0.2, 0.25) is 0 Å². The first kappa shape index (κ1) is 15.8. The number of rotatable bonds is 3. The lowest BCUT2D eigenvalue weighted by Crippen LogP contribution is -2.29. The molecule has 1 saturated heterocycles. The van der Waals surface area contributed by atoms with Crippen LogP contribution in [0, 0.1) is 0 Å². The van der Waals surface area contributed by atoms with E-state index in [9.17, 15) is 4.79 Å². The molecule has 4 rings (SSSR count). The van der Waals surface area contributed by atoms with Crippen molar-refractivity contribution in [3.63, 3.8) is 0 Å². The molecule has 25 heavy (non-hydrogen) atoms. The van der Waals surface area contributed by atoms with Gasteiger partial charge in [0.2, 0.25) is 0 Å². The second-order valence-electron chi connectivity index (χ2n) is 6.64. The minimum atomic E-state index is -0.0314. The van der Waals surface area contributed by atoms with E-state index in [0.29, 0.717) is 12.1 Å². The zero-order valence-corrected chi connectivity index (χ0v) is 14.3. The van der Waals surface area contributed by atoms with Gasteiger partial charge in [-0.15, -0.1) is 0 Å². The maximum absolute atomic E-state index is 12.2. The average Bonchev–Trinajstić information content (AvgIpc) is 2.68. The smallest absolute Gasteiger partial charge is 0.253 e. The summed E-state index contributed by atoms with van der Waals surface area (Å²) in [5, 5.41) is 6.20. The van der Waals surface area contributed by atoms with Gasteiger partial charge in [0, 0.05) is 37.2 Å². The first-order valence-electron chi connectivity index (χ1n) is 8.99. The maximum Gasteiger partial charge on any atom is 0.253 e. The SMILES string of the molecule is O=C1NCc2ccccc2C1=CNc1ccc(N2CCCCC2)cc1. The zero-order chi connectivity index (χ0) is 17.1. The van der Waals surface area contributed by atoms with Gasteiger partial charge in [-0.25, -0.2) is 0 Å². The number of carbonyl (C=O) groups is 1. The van der Waals surface area contributed by atoms with E-state index in [1.807, 2.05) is 24.4 Å². The van der Waals surface area contributed by atoms with Gasteiger partial charge in [-0.3, -0.25) is 4.79 Å². The van der Waals surface area contributed by atoms with Crippen LogP contribution in [-0.4, -0.2) is 19.0 Å². The Kier molecular flexibility index (Phi) is 4.42. The number of hydrogen-bond acceptors (Lipinski definition) is 3. The van der Waals surface area contributed by atoms with Crippen LogP contribution in [0.4, 0.5) is 11.4 Å². The number of piperidine rings is 1. The Morgan fingerprint density at radius 2 is 1.72 bits per heavy atom. The first-order chi connectivity index (χ1) is 12.3. The van der Waals surface area contributed by atoms with E-state index in [-0.39, 0.29) is 5.91 Å². The van der Waals surface area contributed by atoms with Crippen molar-refractivity contribution in [2.24, 2.45) is 0 Å². The first-order valence-corrected chi connectivity index (χ1v) is 8.99. The highest BCUT2D eigenvalue weighted by Crippen LogP contribution is 2.25. The van der Waals surface area contributed by atoms with Crippen molar-refractivity contribution in [1.29, 1.82) is 0 Å². The van der Waals surface area contributed by atoms with Crippen LogP contribution in [-0.2, 0) is 11.3 Å². The Balaban J connectivity index is 1.51. The van der Waals surface area contributed by atoms with E-state index in [4.69, 9.17) is 0 Å². The quantitative estimate of drug-likeness (QED) is 0.841. The van der Waals surface area contributed by atoms with E-state index in [1.54, 1.807) is 0 Å². The van der Waals surface area contributed by atoms with Crippen molar-refractivity contribution in [2.45, 2.75) is 25.8 Å². The lowest BCUT2D eigenvalue weighted by atomic mass is 9.96. The van der Waals surface area contributed by atoms with Gasteiger partial charge >= 0.3 is 0 Å². The van der Waals surface area contributed by atoms with Gasteiger partial charge in [-0.1, -0.05) is 24.3 Å². The summed E-state index contributed by atoms with van der Waals surface area (Å²) in [4.78, 5) is 14.7. The van der Waals surface area contributed by atoms with Gasteiger partial charge in [0.1, 0.15) is 0 Å². The highest BCUT2D eigenvalue weighted by Gasteiger charge is 2.20. The third-order valence-electron chi connectivity index (χ3n) is 4.96. The Bertz CT molecular complexity index is 789. The minimum Gasteiger partial charge on any atom is -0.372 e. The molecule has 4 nitrogen and oxygen atoms in total. The summed E-state index contributed by atoms with van der Waals surface area (Å²) in [6.45, 7) is 2.89. The number of anilines is 2. The molecular formula is C21H23N3O. The van der Waals surface area contributed by atoms with E-state index < -0.39 is 0 Å². The summed E-state index contributed by atoms with van der Waals surface area (Å²) in [5.41, 5.74) is 5.10. The van der Waals surface area contributed by atoms with E-state index in [1.165, 1.54) is 24.9 Å². The van der Waals surface area contributed by atoms with Gasteiger partial charge in [-0.05, 0) is 54.7 Å². The molecule has 128 valence electrons. The highest BCUT2D eigenvalue weighted by atomic mass is 16.1. The molecule has 4 heteroatoms. The maximum atomic E-state index is 12.2. The van der Waals surface area contributed by atoms with Gasteiger partial charge in [-0.2, -0.15) is 0 Å². The molecule has 1 fully saturated rings. The molecular weight excluding hydrogens is 310 g/mol. The molecule has 2 aromatic carbocycles. The Labute approximate surface area is 148 Å². The fourth-order valence-corrected chi connectivity index (χ4v) is 3.55. The van der Waals surface area contributed by atoms with Crippen LogP contribution in [0.3, 0.4) is 0 Å². The van der Waals surface area contributed by atoms with E-state index >= 15 is 0 Å². The molecule has 2 aliphatic heterocycles. The van der Waals surface area contributed by atoms with Gasteiger partial charge in [0.15, 0.2) is 0 Å². The Morgan fingerprint density at radius 3 is 2.52 bits per heavy atom. The second kappa shape index (κ2) is 7.01. The van der Waals surface area contributed by atoms with Crippen LogP contribution in [0.15, 0.2) is 54.7 Å². The summed E-state index contributed by atoms with van der Waals surface area (Å²) in [7, 11) is 0. The third kappa shape index (κ3) is 3.38. The Morgan fingerprint density at radius 1 is 0.960 bits per heavy atom. The number of fused-ring (bicyclic) bond motifs is 1. The number of nitrogens with one attached hydrogen (secondary N) is 2. The molecule has 0 aliphatic carbocycles. The number of benzene rings is 2. The van der Waals surface area contributed by atoms with Crippen LogP contribution < -0.4 is 15.5 Å². The van der Waals surface area contributed by atoms with Gasteiger partial charge < -0.3 is 15.5 Å². The molecule has 0 saturated carbocycles. The predicted octanol–water partition coefficient (Wildman–Crippen LogP) is 3.76. The van der Waals surface area contributed by atoms with Gasteiger partial charge in [0.25, 0.3) is 5.91 Å². The zero-order valence-electron chi connectivity index (χ0n) is 14.3. The summed E-state index contributed by atoms with van der Waals surface area (Å²) in [5.74, 6) is -0.0314. The van der Waals surface area contributed by atoms with Crippen molar-refractivity contribution < 1.29 is 4.79 Å². The van der Waals surface area contributed by atoms with Crippen molar-refractivity contribution in [1.82, 2.24) is 5.32 Å². The number of carbonyl (C=O) groups excluding carboxylic acids is 1. The number of nitrogens with zero attached hydrogens (tertiary/aromatic N) is 1. The molecule has 2 N–H and O–H groups in total. The van der Waals surface area contributed by atoms with Crippen LogP contribution in [0.25, 0.3) is 5.57 Å². The molecule has 0 atom stereocenters. The molecule has 0 unspecified atom stereocenters. The molecule has 0 spiro atoms. The fraction of sp³-hybridized carbons (Fsp3) is 0.286. The third-order valence-corrected chi connectivity index (χ3v) is 4.96. The molecule has 0 bridgehead atoms. The molecule has 0 radical (unpaired) electrons. The monoisotopic (exact) mass is 333 g/mol. The van der Waals surface area contributed by atoms with Crippen LogP contribution in [0.1, 0.15) is 30.4 Å². The molecule has 1 amide bonds. The normalized spacial score (nSPS) is 18.6. The Hall–Kier alpha value is -2.75. The van der Waals surface area contributed by atoms with Crippen LogP contribution in [0.5, 0.6) is 0 Å². The number of amides is 1. The number of hydrogen-bond donors (Lipinski definition) is 2. The predicted molar refractivity (Wildman–Crippen MR) is 102 cm³/mol. The van der Waals surface area contributed by atoms with Gasteiger partial charge in [0.05, 0.1) is 5.57 Å². The molecule has 0 aromatic heterocycles. The minimum absolute atomic E-state index is 0.0314. The lowest BCUT2D eigenvalue weighted by Gasteiger charge is -2.28. The molecule has 2 heterocycles. The summed E-state index contributed by atoms with van der Waals surface area (Å²) in [6, 6.07) is 16.5. The van der Waals surface area contributed by atoms with Crippen molar-refractivity contribution in [3.05, 3.63) is 65.9 Å². The standard InChI is InChI=1S/C21H23N3O/c25-21-20(19-7-3-2-6-16(19)14-23-21)15-22-17-8-10-18(11-9-17)24-12-4-1-5-13-24/h2-3,6-11,15,22H,1,4-5,12-14H2,(H,23,25). The fourth-order valence-electron chi connectivity index (χ4n) is 3.55. The largest absolute Gasteiger partial charge is 0.372 e. The summed E-state index contributed by atoms with van der Waals surface area (Å²) in [6.07, 6.45) is 5.71.